The van der Waals surface area contributed by atoms with Gasteiger partial charge in [0.15, 0.2) is 5.96 Å². The van der Waals surface area contributed by atoms with Crippen LogP contribution in [0.1, 0.15) is 34.1 Å². The van der Waals surface area contributed by atoms with Gasteiger partial charge in [-0.2, -0.15) is 0 Å². The highest BCUT2D eigenvalue weighted by Gasteiger charge is 2.20. The second-order valence-electron chi connectivity index (χ2n) is 5.73. The van der Waals surface area contributed by atoms with Crippen LogP contribution < -0.4 is 10.6 Å². The summed E-state index contributed by atoms with van der Waals surface area (Å²) in [5.74, 6) is 0.915. The van der Waals surface area contributed by atoms with Crippen LogP contribution in [0.3, 0.4) is 0 Å². The Morgan fingerprint density at radius 2 is 1.76 bits per heavy atom. The Labute approximate surface area is 148 Å². The second kappa shape index (κ2) is 11.5. The molecule has 1 fully saturated rings. The van der Waals surface area contributed by atoms with Crippen molar-refractivity contribution in [3.63, 3.8) is 0 Å². The smallest absolute Gasteiger partial charge is 0.191 e. The zero-order chi connectivity index (χ0) is 15.0. The molecule has 1 heterocycles. The van der Waals surface area contributed by atoms with E-state index in [1.807, 2.05) is 7.05 Å². The Bertz CT molecular complexity index is 290. The summed E-state index contributed by atoms with van der Waals surface area (Å²) in [5, 5.41) is 6.84. The highest BCUT2D eigenvalue weighted by Crippen LogP contribution is 2.05. The third-order valence-corrected chi connectivity index (χ3v) is 4.26. The molecule has 21 heavy (non-hydrogen) atoms. The number of nitrogens with zero attached hydrogens (tertiary/aromatic N) is 3. The number of likely N-dealkylation sites (N-methyl/N-ethyl adjacent to an activating group) is 1. The van der Waals surface area contributed by atoms with Crippen molar-refractivity contribution in [2.45, 2.75) is 46.2 Å². The summed E-state index contributed by atoms with van der Waals surface area (Å²) in [6.07, 6.45) is 1.11. The Hall–Kier alpha value is -0.0800. The van der Waals surface area contributed by atoms with Crippen molar-refractivity contribution in [3.05, 3.63) is 0 Å². The fourth-order valence-corrected chi connectivity index (χ4v) is 2.42. The average Bonchev–Trinajstić information content (AvgIpc) is 2.50. The first-order chi connectivity index (χ1) is 9.60. The minimum atomic E-state index is 0. The van der Waals surface area contributed by atoms with Crippen LogP contribution in [0, 0.1) is 0 Å². The molecule has 0 aromatic rings. The van der Waals surface area contributed by atoms with Crippen LogP contribution in [0.25, 0.3) is 0 Å². The molecule has 1 aliphatic rings. The van der Waals surface area contributed by atoms with Gasteiger partial charge in [0.05, 0.1) is 0 Å². The van der Waals surface area contributed by atoms with Gasteiger partial charge in [0.1, 0.15) is 0 Å². The number of hydrogen-bond donors (Lipinski definition) is 2. The van der Waals surface area contributed by atoms with Crippen LogP contribution >= 0.6 is 24.0 Å². The predicted molar refractivity (Wildman–Crippen MR) is 103 cm³/mol. The lowest BCUT2D eigenvalue weighted by Crippen LogP contribution is -2.53. The summed E-state index contributed by atoms with van der Waals surface area (Å²) in [5.41, 5.74) is 0. The zero-order valence-electron chi connectivity index (χ0n) is 14.4. The third-order valence-electron chi connectivity index (χ3n) is 4.26. The van der Waals surface area contributed by atoms with Gasteiger partial charge in [0.25, 0.3) is 0 Å². The van der Waals surface area contributed by atoms with Gasteiger partial charge in [-0.1, -0.05) is 13.8 Å². The van der Waals surface area contributed by atoms with Crippen LogP contribution in [-0.2, 0) is 0 Å². The Kier molecular flexibility index (Phi) is 11.4. The quantitative estimate of drug-likeness (QED) is 0.396. The number of guanidine groups is 1. The summed E-state index contributed by atoms with van der Waals surface area (Å²) in [6, 6.07) is 1.01. The highest BCUT2D eigenvalue weighted by molar-refractivity contribution is 14.0. The lowest BCUT2D eigenvalue weighted by molar-refractivity contribution is 0.107. The van der Waals surface area contributed by atoms with Crippen LogP contribution in [0.15, 0.2) is 4.99 Å². The van der Waals surface area contributed by atoms with Gasteiger partial charge in [-0.05, 0) is 26.8 Å². The molecule has 0 saturated carbocycles. The van der Waals surface area contributed by atoms with Crippen molar-refractivity contribution in [3.8, 4) is 0 Å². The third kappa shape index (κ3) is 7.65. The van der Waals surface area contributed by atoms with Gasteiger partial charge in [0, 0.05) is 51.9 Å². The molecule has 0 aromatic carbocycles. The minimum Gasteiger partial charge on any atom is -0.355 e. The van der Waals surface area contributed by atoms with Crippen molar-refractivity contribution in [1.82, 2.24) is 20.4 Å². The number of aliphatic imine (C=N–C) groups is 1. The van der Waals surface area contributed by atoms with Crippen LogP contribution in [0.5, 0.6) is 0 Å². The summed E-state index contributed by atoms with van der Waals surface area (Å²) >= 11 is 0. The molecule has 6 heteroatoms. The zero-order valence-corrected chi connectivity index (χ0v) is 16.7. The van der Waals surface area contributed by atoms with E-state index >= 15 is 0 Å². The van der Waals surface area contributed by atoms with Gasteiger partial charge in [-0.3, -0.25) is 9.89 Å². The van der Waals surface area contributed by atoms with E-state index in [0.717, 1.165) is 18.9 Å². The molecule has 0 radical (unpaired) electrons. The molecule has 1 saturated heterocycles. The van der Waals surface area contributed by atoms with E-state index in [-0.39, 0.29) is 24.0 Å². The maximum absolute atomic E-state index is 4.29. The van der Waals surface area contributed by atoms with Crippen LogP contribution in [-0.4, -0.2) is 74.2 Å². The van der Waals surface area contributed by atoms with Crippen molar-refractivity contribution >= 4 is 29.9 Å². The summed E-state index contributed by atoms with van der Waals surface area (Å²) in [4.78, 5) is 9.37. The van der Waals surface area contributed by atoms with Gasteiger partial charge in [0.2, 0.25) is 0 Å². The first kappa shape index (κ1) is 20.9. The highest BCUT2D eigenvalue weighted by atomic mass is 127. The normalized spacial score (nSPS) is 20.5. The van der Waals surface area contributed by atoms with Crippen molar-refractivity contribution in [1.29, 1.82) is 0 Å². The van der Waals surface area contributed by atoms with Crippen molar-refractivity contribution in [2.75, 3.05) is 46.3 Å². The summed E-state index contributed by atoms with van der Waals surface area (Å²) in [7, 11) is 1.84. The van der Waals surface area contributed by atoms with E-state index in [4.69, 9.17) is 0 Å². The van der Waals surface area contributed by atoms with E-state index in [1.54, 1.807) is 0 Å². The molecule has 1 rings (SSSR count). The largest absolute Gasteiger partial charge is 0.355 e. The molecule has 2 unspecified atom stereocenters. The summed E-state index contributed by atoms with van der Waals surface area (Å²) in [6.45, 7) is 15.8. The Morgan fingerprint density at radius 3 is 2.24 bits per heavy atom. The molecule has 0 aromatic heterocycles. The van der Waals surface area contributed by atoms with Crippen LogP contribution in [0.4, 0.5) is 0 Å². The van der Waals surface area contributed by atoms with Crippen molar-refractivity contribution < 1.29 is 0 Å². The number of hydrogen-bond acceptors (Lipinski definition) is 3. The topological polar surface area (TPSA) is 42.9 Å². The fraction of sp³-hybridized carbons (Fsp3) is 0.933. The van der Waals surface area contributed by atoms with E-state index < -0.39 is 0 Å². The molecular weight excluding hydrogens is 377 g/mol. The van der Waals surface area contributed by atoms with Gasteiger partial charge in [-0.15, -0.1) is 24.0 Å². The molecule has 0 bridgehead atoms. The molecular formula is C15H34IN5. The molecule has 5 nitrogen and oxygen atoms in total. The van der Waals surface area contributed by atoms with Gasteiger partial charge < -0.3 is 15.5 Å². The molecule has 2 N–H and O–H groups in total. The van der Waals surface area contributed by atoms with Crippen molar-refractivity contribution in [2.24, 2.45) is 4.99 Å². The van der Waals surface area contributed by atoms with E-state index in [9.17, 15) is 0 Å². The SMILES string of the molecule is CCC(C)NC(=NC)NCC(C)N1CCN(CC)CC1.I. The monoisotopic (exact) mass is 411 g/mol. The van der Waals surface area contributed by atoms with E-state index in [2.05, 4.69) is 53.1 Å². The molecule has 1 aliphatic heterocycles. The fourth-order valence-electron chi connectivity index (χ4n) is 2.42. The van der Waals surface area contributed by atoms with E-state index in [0.29, 0.717) is 12.1 Å². The standard InChI is InChI=1S/C15H33N5.HI/c1-6-13(3)18-15(16-5)17-12-14(4)20-10-8-19(7-2)9-11-20;/h13-14H,6-12H2,1-5H3,(H2,16,17,18);1H. The molecule has 2 atom stereocenters. The first-order valence-corrected chi connectivity index (χ1v) is 8.04. The Morgan fingerprint density at radius 1 is 1.14 bits per heavy atom. The number of nitrogens with one attached hydrogen (secondary N) is 2. The van der Waals surface area contributed by atoms with Crippen LogP contribution in [0.2, 0.25) is 0 Å². The predicted octanol–water partition coefficient (Wildman–Crippen LogP) is 1.59. The summed E-state index contributed by atoms with van der Waals surface area (Å²) < 4.78 is 0. The van der Waals surface area contributed by atoms with Gasteiger partial charge in [-0.25, -0.2) is 0 Å². The lowest BCUT2D eigenvalue weighted by Gasteiger charge is -2.37. The van der Waals surface area contributed by atoms with E-state index in [1.165, 1.54) is 32.7 Å². The molecule has 0 amide bonds. The minimum absolute atomic E-state index is 0. The number of rotatable bonds is 6. The average molecular weight is 411 g/mol. The molecule has 0 spiro atoms. The maximum atomic E-state index is 4.29. The molecule has 126 valence electrons. The lowest BCUT2D eigenvalue weighted by atomic mass is 10.2. The molecule has 0 aliphatic carbocycles. The number of piperazine rings is 1. The Balaban J connectivity index is 0.00000400. The maximum Gasteiger partial charge on any atom is 0.191 e. The van der Waals surface area contributed by atoms with Gasteiger partial charge >= 0.3 is 0 Å². The first-order valence-electron chi connectivity index (χ1n) is 8.04. The second-order valence-corrected chi connectivity index (χ2v) is 5.73. The number of halogens is 1.